The fourth-order valence-corrected chi connectivity index (χ4v) is 1.80. The predicted molar refractivity (Wildman–Crippen MR) is 47.2 cm³/mol. The summed E-state index contributed by atoms with van der Waals surface area (Å²) >= 11 is 0. The Morgan fingerprint density at radius 3 is 2.38 bits per heavy atom. The van der Waals surface area contributed by atoms with Crippen LogP contribution in [-0.2, 0) is 9.59 Å². The van der Waals surface area contributed by atoms with Crippen LogP contribution in [0.2, 0.25) is 0 Å². The molecule has 13 heavy (non-hydrogen) atoms. The second-order valence-corrected chi connectivity index (χ2v) is 3.59. The number of Topliss-reactive ketones (excluding diaryl/α,β-unsaturated/α-hetero) is 1. The molecule has 4 heteroatoms. The van der Waals surface area contributed by atoms with Crippen molar-refractivity contribution in [3.63, 3.8) is 0 Å². The third kappa shape index (κ3) is 2.81. The maximum absolute atomic E-state index is 11.5. The van der Waals surface area contributed by atoms with E-state index in [1.54, 1.807) is 0 Å². The molecule has 0 heterocycles. The molecule has 0 aliphatic heterocycles. The number of carbonyl (C=O) groups excluding carboxylic acids is 1. The van der Waals surface area contributed by atoms with Crippen molar-refractivity contribution in [1.29, 1.82) is 0 Å². The highest BCUT2D eigenvalue weighted by atomic mass is 16.4. The van der Waals surface area contributed by atoms with Gasteiger partial charge in [-0.25, -0.2) is 0 Å². The van der Waals surface area contributed by atoms with Crippen LogP contribution in [0.1, 0.15) is 32.1 Å². The van der Waals surface area contributed by atoms with Crippen LogP contribution in [0.5, 0.6) is 0 Å². The van der Waals surface area contributed by atoms with Crippen molar-refractivity contribution in [2.75, 3.05) is 0 Å². The van der Waals surface area contributed by atoms with Gasteiger partial charge in [-0.1, -0.05) is 12.8 Å². The van der Waals surface area contributed by atoms with E-state index in [-0.39, 0.29) is 18.1 Å². The van der Waals surface area contributed by atoms with E-state index < -0.39 is 12.0 Å². The summed E-state index contributed by atoms with van der Waals surface area (Å²) < 4.78 is 0. The van der Waals surface area contributed by atoms with Gasteiger partial charge in [-0.3, -0.25) is 9.59 Å². The van der Waals surface area contributed by atoms with Crippen LogP contribution in [-0.4, -0.2) is 22.9 Å². The van der Waals surface area contributed by atoms with Gasteiger partial charge in [0.25, 0.3) is 0 Å². The van der Waals surface area contributed by atoms with Crippen molar-refractivity contribution in [2.24, 2.45) is 11.7 Å². The van der Waals surface area contributed by atoms with Crippen LogP contribution in [0.3, 0.4) is 0 Å². The molecule has 1 rings (SSSR count). The predicted octanol–water partition coefficient (Wildman–Crippen LogP) is 0.548. The van der Waals surface area contributed by atoms with Crippen molar-refractivity contribution in [2.45, 2.75) is 38.1 Å². The molecule has 0 aromatic heterocycles. The first kappa shape index (κ1) is 10.2. The van der Waals surface area contributed by atoms with E-state index in [2.05, 4.69) is 0 Å². The van der Waals surface area contributed by atoms with Gasteiger partial charge in [0.1, 0.15) is 0 Å². The van der Waals surface area contributed by atoms with E-state index in [0.717, 1.165) is 25.7 Å². The molecule has 0 radical (unpaired) electrons. The van der Waals surface area contributed by atoms with Gasteiger partial charge in [-0.15, -0.1) is 0 Å². The second kappa shape index (κ2) is 4.37. The van der Waals surface area contributed by atoms with Crippen LogP contribution < -0.4 is 5.73 Å². The van der Waals surface area contributed by atoms with E-state index in [1.165, 1.54) is 0 Å². The molecule has 0 spiro atoms. The lowest BCUT2D eigenvalue weighted by molar-refractivity contribution is -0.139. The van der Waals surface area contributed by atoms with Gasteiger partial charge in [-0.2, -0.15) is 0 Å². The zero-order valence-corrected chi connectivity index (χ0v) is 7.53. The lowest BCUT2D eigenvalue weighted by Gasteiger charge is -2.12. The van der Waals surface area contributed by atoms with E-state index in [1.807, 2.05) is 0 Å². The molecule has 1 atom stereocenters. The molecule has 1 aliphatic rings. The fraction of sp³-hybridized carbons (Fsp3) is 0.778. The Hall–Kier alpha value is -0.900. The van der Waals surface area contributed by atoms with Crippen molar-refractivity contribution >= 4 is 11.8 Å². The molecule has 3 N–H and O–H groups in total. The monoisotopic (exact) mass is 185 g/mol. The summed E-state index contributed by atoms with van der Waals surface area (Å²) in [5.74, 6) is -1.05. The Labute approximate surface area is 77.1 Å². The zero-order valence-electron chi connectivity index (χ0n) is 7.53. The van der Waals surface area contributed by atoms with Gasteiger partial charge in [0.15, 0.2) is 5.78 Å². The van der Waals surface area contributed by atoms with Crippen molar-refractivity contribution in [3.05, 3.63) is 0 Å². The van der Waals surface area contributed by atoms with Gasteiger partial charge < -0.3 is 10.8 Å². The first-order valence-corrected chi connectivity index (χ1v) is 4.62. The molecule has 4 nitrogen and oxygen atoms in total. The Bertz CT molecular complexity index is 209. The van der Waals surface area contributed by atoms with E-state index in [0.29, 0.717) is 0 Å². The van der Waals surface area contributed by atoms with Crippen molar-refractivity contribution < 1.29 is 14.7 Å². The zero-order chi connectivity index (χ0) is 9.84. The third-order valence-electron chi connectivity index (χ3n) is 2.52. The molecule has 1 saturated carbocycles. The molecule has 0 saturated heterocycles. The van der Waals surface area contributed by atoms with Crippen LogP contribution in [0, 0.1) is 5.92 Å². The van der Waals surface area contributed by atoms with Crippen LogP contribution in [0.4, 0.5) is 0 Å². The van der Waals surface area contributed by atoms with Gasteiger partial charge in [-0.05, 0) is 12.8 Å². The number of hydrogen-bond acceptors (Lipinski definition) is 3. The molecule has 1 aliphatic carbocycles. The normalized spacial score (nSPS) is 20.1. The molecular formula is C9H15NO3. The van der Waals surface area contributed by atoms with Gasteiger partial charge in [0.2, 0.25) is 0 Å². The largest absolute Gasteiger partial charge is 0.481 e. The lowest BCUT2D eigenvalue weighted by atomic mass is 9.95. The summed E-state index contributed by atoms with van der Waals surface area (Å²) in [5, 5.41) is 8.44. The van der Waals surface area contributed by atoms with Gasteiger partial charge in [0.05, 0.1) is 12.5 Å². The minimum atomic E-state index is -1.00. The molecular weight excluding hydrogens is 170 g/mol. The topological polar surface area (TPSA) is 80.4 Å². The smallest absolute Gasteiger partial charge is 0.305 e. The Morgan fingerprint density at radius 2 is 1.92 bits per heavy atom. The number of ketones is 1. The summed E-state index contributed by atoms with van der Waals surface area (Å²) in [6.45, 7) is 0. The first-order valence-electron chi connectivity index (χ1n) is 4.62. The highest BCUT2D eigenvalue weighted by Gasteiger charge is 2.28. The van der Waals surface area contributed by atoms with E-state index in [4.69, 9.17) is 10.8 Å². The number of carboxylic acids is 1. The third-order valence-corrected chi connectivity index (χ3v) is 2.52. The Morgan fingerprint density at radius 1 is 1.38 bits per heavy atom. The van der Waals surface area contributed by atoms with E-state index >= 15 is 0 Å². The SMILES string of the molecule is N[C@@H](CC(=O)O)C(=O)C1CCCC1. The van der Waals surface area contributed by atoms with Crippen LogP contribution in [0.25, 0.3) is 0 Å². The number of rotatable bonds is 4. The summed E-state index contributed by atoms with van der Waals surface area (Å²) in [5.41, 5.74) is 5.47. The number of nitrogens with two attached hydrogens (primary N) is 1. The minimum absolute atomic E-state index is 0.0225. The molecule has 1 fully saturated rings. The maximum atomic E-state index is 11.5. The molecule has 0 bridgehead atoms. The Kier molecular flexibility index (Phi) is 3.42. The summed E-state index contributed by atoms with van der Waals surface area (Å²) in [4.78, 5) is 21.8. The van der Waals surface area contributed by atoms with Crippen molar-refractivity contribution in [1.82, 2.24) is 0 Å². The molecule has 0 aromatic rings. The summed E-state index contributed by atoms with van der Waals surface area (Å²) in [6.07, 6.45) is 3.65. The van der Waals surface area contributed by atoms with Crippen molar-refractivity contribution in [3.8, 4) is 0 Å². The highest BCUT2D eigenvalue weighted by Crippen LogP contribution is 2.26. The average molecular weight is 185 g/mol. The minimum Gasteiger partial charge on any atom is -0.481 e. The quantitative estimate of drug-likeness (QED) is 0.670. The van der Waals surface area contributed by atoms with Crippen LogP contribution >= 0.6 is 0 Å². The fourth-order valence-electron chi connectivity index (χ4n) is 1.80. The standard InChI is InChI=1S/C9H15NO3/c10-7(5-8(11)12)9(13)6-3-1-2-4-6/h6-7H,1-5,10H2,(H,11,12)/t7-/m0/s1. The first-order chi connectivity index (χ1) is 6.11. The summed E-state index contributed by atoms with van der Waals surface area (Å²) in [6, 6.07) is -0.805. The van der Waals surface area contributed by atoms with E-state index in [9.17, 15) is 9.59 Å². The highest BCUT2D eigenvalue weighted by molar-refractivity contribution is 5.89. The number of hydrogen-bond donors (Lipinski definition) is 2. The number of carboxylic acid groups (broad SMARTS) is 1. The number of aliphatic carboxylic acids is 1. The maximum Gasteiger partial charge on any atom is 0.305 e. The second-order valence-electron chi connectivity index (χ2n) is 3.59. The molecule has 0 amide bonds. The van der Waals surface area contributed by atoms with Gasteiger partial charge in [0, 0.05) is 5.92 Å². The Balaban J connectivity index is 2.41. The average Bonchev–Trinajstić information content (AvgIpc) is 2.53. The molecule has 74 valence electrons. The molecule has 0 aromatic carbocycles. The number of carbonyl (C=O) groups is 2. The summed E-state index contributed by atoms with van der Waals surface area (Å²) in [7, 11) is 0. The molecule has 0 unspecified atom stereocenters. The van der Waals surface area contributed by atoms with Gasteiger partial charge >= 0.3 is 5.97 Å². The van der Waals surface area contributed by atoms with Crippen LogP contribution in [0.15, 0.2) is 0 Å². The lowest BCUT2D eigenvalue weighted by Crippen LogP contribution is -2.36.